The van der Waals surface area contributed by atoms with Gasteiger partial charge in [0.25, 0.3) is 11.8 Å². The quantitative estimate of drug-likeness (QED) is 0.622. The highest BCUT2D eigenvalue weighted by molar-refractivity contribution is 5.99. The minimum absolute atomic E-state index is 0.274. The van der Waals surface area contributed by atoms with Crippen molar-refractivity contribution in [3.05, 3.63) is 35.4 Å². The van der Waals surface area contributed by atoms with Crippen molar-refractivity contribution >= 4 is 23.2 Å². The van der Waals surface area contributed by atoms with E-state index in [0.29, 0.717) is 23.0 Å². The molecule has 24 heavy (non-hydrogen) atoms. The van der Waals surface area contributed by atoms with Crippen LogP contribution in [0, 0.1) is 11.8 Å². The van der Waals surface area contributed by atoms with E-state index in [0.717, 1.165) is 37.1 Å². The van der Waals surface area contributed by atoms with Crippen molar-refractivity contribution in [1.82, 2.24) is 10.9 Å². The Morgan fingerprint density at radius 2 is 1.12 bits per heavy atom. The van der Waals surface area contributed by atoms with Gasteiger partial charge in [0.15, 0.2) is 0 Å². The molecular weight excluding hydrogens is 304 g/mol. The molecule has 0 spiro atoms. The topological polar surface area (TPSA) is 82.9 Å². The molecule has 0 unspecified atom stereocenters. The van der Waals surface area contributed by atoms with E-state index >= 15 is 0 Å². The van der Waals surface area contributed by atoms with Gasteiger partial charge in [-0.25, -0.2) is 10.9 Å². The average molecular weight is 326 g/mol. The summed E-state index contributed by atoms with van der Waals surface area (Å²) in [5, 5.41) is 8.22. The van der Waals surface area contributed by atoms with Crippen LogP contribution >= 0.6 is 0 Å². The molecule has 0 aliphatic heterocycles. The normalized spacial score (nSPS) is 18.2. The standard InChI is InChI=1S/C18H22N4O2/c1-11(13-3-4-13)19-21-17(23)15-7-9-16(10-8-15)18(24)22-20-12(2)14-5-6-14/h7-10,13-14H,3-6H2,1-2H3,(H,21,23)(H,22,24)/b19-11+,20-12+. The number of benzene rings is 1. The highest BCUT2D eigenvalue weighted by Crippen LogP contribution is 2.30. The van der Waals surface area contributed by atoms with Crippen molar-refractivity contribution < 1.29 is 9.59 Å². The molecule has 0 atom stereocenters. The van der Waals surface area contributed by atoms with Crippen LogP contribution in [-0.2, 0) is 0 Å². The Balaban J connectivity index is 1.55. The Morgan fingerprint density at radius 1 is 0.792 bits per heavy atom. The molecule has 0 saturated heterocycles. The molecule has 2 N–H and O–H groups in total. The number of nitrogens with zero attached hydrogens (tertiary/aromatic N) is 2. The van der Waals surface area contributed by atoms with Crippen LogP contribution in [0.2, 0.25) is 0 Å². The smallest absolute Gasteiger partial charge is 0.267 e. The first kappa shape index (κ1) is 16.4. The minimum atomic E-state index is -0.274. The van der Waals surface area contributed by atoms with Crippen molar-refractivity contribution in [3.8, 4) is 0 Å². The zero-order chi connectivity index (χ0) is 17.1. The largest absolute Gasteiger partial charge is 0.271 e. The number of nitrogens with one attached hydrogen (secondary N) is 2. The van der Waals surface area contributed by atoms with E-state index in [1.165, 1.54) is 0 Å². The third-order valence-corrected chi connectivity index (χ3v) is 4.41. The Labute approximate surface area is 141 Å². The number of carbonyl (C=O) groups is 2. The van der Waals surface area contributed by atoms with Crippen LogP contribution in [0.4, 0.5) is 0 Å². The fourth-order valence-corrected chi connectivity index (χ4v) is 2.36. The molecule has 0 radical (unpaired) electrons. The maximum atomic E-state index is 12.0. The molecule has 2 fully saturated rings. The summed E-state index contributed by atoms with van der Waals surface area (Å²) >= 11 is 0. The monoisotopic (exact) mass is 326 g/mol. The lowest BCUT2D eigenvalue weighted by Gasteiger charge is -2.04. The predicted molar refractivity (Wildman–Crippen MR) is 93.0 cm³/mol. The van der Waals surface area contributed by atoms with Crippen LogP contribution in [0.3, 0.4) is 0 Å². The third kappa shape index (κ3) is 4.28. The van der Waals surface area contributed by atoms with Gasteiger partial charge in [0, 0.05) is 22.6 Å². The van der Waals surface area contributed by atoms with E-state index < -0.39 is 0 Å². The molecule has 126 valence electrons. The number of rotatable bonds is 6. The van der Waals surface area contributed by atoms with Crippen molar-refractivity contribution in [1.29, 1.82) is 0 Å². The summed E-state index contributed by atoms with van der Waals surface area (Å²) in [5.74, 6) is 0.501. The first-order valence-electron chi connectivity index (χ1n) is 8.33. The fourth-order valence-electron chi connectivity index (χ4n) is 2.36. The maximum Gasteiger partial charge on any atom is 0.271 e. The number of amides is 2. The molecular formula is C18H22N4O2. The molecule has 1 aromatic rings. The van der Waals surface area contributed by atoms with Crippen LogP contribution in [0.25, 0.3) is 0 Å². The highest BCUT2D eigenvalue weighted by atomic mass is 16.2. The van der Waals surface area contributed by atoms with E-state index in [-0.39, 0.29) is 11.8 Å². The van der Waals surface area contributed by atoms with Gasteiger partial charge in [0.2, 0.25) is 0 Å². The van der Waals surface area contributed by atoms with Gasteiger partial charge in [-0.2, -0.15) is 10.2 Å². The van der Waals surface area contributed by atoms with Gasteiger partial charge in [0.1, 0.15) is 0 Å². The van der Waals surface area contributed by atoms with Gasteiger partial charge in [-0.1, -0.05) is 0 Å². The van der Waals surface area contributed by atoms with Gasteiger partial charge in [-0.05, 0) is 75.6 Å². The second-order valence-corrected chi connectivity index (χ2v) is 6.51. The van der Waals surface area contributed by atoms with E-state index in [2.05, 4.69) is 21.1 Å². The Morgan fingerprint density at radius 3 is 1.42 bits per heavy atom. The van der Waals surface area contributed by atoms with Crippen LogP contribution in [0.15, 0.2) is 34.5 Å². The Kier molecular flexibility index (Phi) is 4.74. The molecule has 6 nitrogen and oxygen atoms in total. The summed E-state index contributed by atoms with van der Waals surface area (Å²) in [7, 11) is 0. The first-order valence-corrected chi connectivity index (χ1v) is 8.33. The molecule has 0 aromatic heterocycles. The fraction of sp³-hybridized carbons (Fsp3) is 0.444. The van der Waals surface area contributed by atoms with Gasteiger partial charge in [-0.3, -0.25) is 9.59 Å². The average Bonchev–Trinajstić information content (AvgIpc) is 3.48. The van der Waals surface area contributed by atoms with E-state index in [4.69, 9.17) is 0 Å². The van der Waals surface area contributed by atoms with Crippen molar-refractivity contribution in [2.75, 3.05) is 0 Å². The highest BCUT2D eigenvalue weighted by Gasteiger charge is 2.25. The van der Waals surface area contributed by atoms with E-state index in [9.17, 15) is 9.59 Å². The SMILES string of the molecule is C/C(=N\NC(=O)c1ccc(C(=O)N/N=C(\C)C2CC2)cc1)C1CC1. The lowest BCUT2D eigenvalue weighted by molar-refractivity contribution is 0.0943. The van der Waals surface area contributed by atoms with Gasteiger partial charge in [-0.15, -0.1) is 0 Å². The zero-order valence-electron chi connectivity index (χ0n) is 14.0. The maximum absolute atomic E-state index is 12.0. The summed E-state index contributed by atoms with van der Waals surface area (Å²) in [6, 6.07) is 6.46. The van der Waals surface area contributed by atoms with E-state index in [1.54, 1.807) is 24.3 Å². The molecule has 1 aromatic carbocycles. The van der Waals surface area contributed by atoms with Crippen LogP contribution in [-0.4, -0.2) is 23.2 Å². The van der Waals surface area contributed by atoms with E-state index in [1.807, 2.05) is 13.8 Å². The number of hydrogen-bond donors (Lipinski definition) is 2. The van der Waals surface area contributed by atoms with Crippen molar-refractivity contribution in [2.24, 2.45) is 22.0 Å². The van der Waals surface area contributed by atoms with Crippen LogP contribution in [0.1, 0.15) is 60.2 Å². The number of hydrazone groups is 2. The summed E-state index contributed by atoms with van der Waals surface area (Å²) < 4.78 is 0. The van der Waals surface area contributed by atoms with Gasteiger partial charge >= 0.3 is 0 Å². The minimum Gasteiger partial charge on any atom is -0.267 e. The Hall–Kier alpha value is -2.50. The van der Waals surface area contributed by atoms with Gasteiger partial charge in [0.05, 0.1) is 0 Å². The molecule has 0 heterocycles. The third-order valence-electron chi connectivity index (χ3n) is 4.41. The van der Waals surface area contributed by atoms with Crippen LogP contribution < -0.4 is 10.9 Å². The molecule has 2 saturated carbocycles. The first-order chi connectivity index (χ1) is 11.5. The molecule has 2 aliphatic rings. The van der Waals surface area contributed by atoms with Crippen LogP contribution in [0.5, 0.6) is 0 Å². The second kappa shape index (κ2) is 6.95. The summed E-state index contributed by atoms with van der Waals surface area (Å²) in [5.41, 5.74) is 7.97. The lowest BCUT2D eigenvalue weighted by Crippen LogP contribution is -2.21. The zero-order valence-corrected chi connectivity index (χ0v) is 14.0. The summed E-state index contributed by atoms with van der Waals surface area (Å²) in [6.45, 7) is 3.85. The summed E-state index contributed by atoms with van der Waals surface area (Å²) in [4.78, 5) is 24.1. The second-order valence-electron chi connectivity index (χ2n) is 6.51. The molecule has 0 bridgehead atoms. The Bertz CT molecular complexity index is 637. The molecule has 2 amide bonds. The molecule has 3 rings (SSSR count). The van der Waals surface area contributed by atoms with Crippen molar-refractivity contribution in [3.63, 3.8) is 0 Å². The number of carbonyl (C=O) groups excluding carboxylic acids is 2. The predicted octanol–water partition coefficient (Wildman–Crippen LogP) is 2.72. The van der Waals surface area contributed by atoms with Crippen molar-refractivity contribution in [2.45, 2.75) is 39.5 Å². The molecule has 2 aliphatic carbocycles. The summed E-state index contributed by atoms with van der Waals surface area (Å²) in [6.07, 6.45) is 4.60. The molecule has 6 heteroatoms. The lowest BCUT2D eigenvalue weighted by atomic mass is 10.1. The number of hydrogen-bond acceptors (Lipinski definition) is 4. The van der Waals surface area contributed by atoms with Gasteiger partial charge < -0.3 is 0 Å².